The molecular weight excluding hydrogens is 324 g/mol. The Morgan fingerprint density at radius 3 is 2.92 bits per heavy atom. The topological polar surface area (TPSA) is 80.0 Å². The zero-order chi connectivity index (χ0) is 18.1. The van der Waals surface area contributed by atoms with Gasteiger partial charge in [0.2, 0.25) is 0 Å². The highest BCUT2D eigenvalue weighted by molar-refractivity contribution is 5.94. The summed E-state index contributed by atoms with van der Waals surface area (Å²) in [5, 5.41) is 4.43. The number of nitrogens with zero attached hydrogens (tertiary/aromatic N) is 4. The van der Waals surface area contributed by atoms with Crippen LogP contribution in [-0.2, 0) is 0 Å². The van der Waals surface area contributed by atoms with E-state index in [1.165, 1.54) is 12.8 Å². The smallest absolute Gasteiger partial charge is 0.159 e. The number of aromatic nitrogens is 3. The minimum Gasteiger partial charge on any atom is -0.393 e. The van der Waals surface area contributed by atoms with Gasteiger partial charge in [0.15, 0.2) is 11.6 Å². The Morgan fingerprint density at radius 1 is 1.19 bits per heavy atom. The van der Waals surface area contributed by atoms with Gasteiger partial charge in [0.25, 0.3) is 0 Å². The quantitative estimate of drug-likeness (QED) is 0.747. The molecule has 4 rings (SSSR count). The number of benzene rings is 1. The molecule has 0 bridgehead atoms. The van der Waals surface area contributed by atoms with Crippen LogP contribution >= 0.6 is 0 Å². The number of pyridine rings is 1. The zero-order valence-corrected chi connectivity index (χ0v) is 15.2. The van der Waals surface area contributed by atoms with Crippen molar-refractivity contribution >= 4 is 33.9 Å². The van der Waals surface area contributed by atoms with Gasteiger partial charge in [0.05, 0.1) is 5.52 Å². The van der Waals surface area contributed by atoms with Crippen molar-refractivity contribution in [2.45, 2.75) is 26.7 Å². The van der Waals surface area contributed by atoms with Gasteiger partial charge < -0.3 is 16.0 Å². The Morgan fingerprint density at radius 2 is 2.08 bits per heavy atom. The van der Waals surface area contributed by atoms with Crippen LogP contribution in [0.4, 0.5) is 23.0 Å². The van der Waals surface area contributed by atoms with Crippen LogP contribution in [0.2, 0.25) is 0 Å². The third-order valence-corrected chi connectivity index (χ3v) is 4.94. The number of piperidine rings is 1. The lowest BCUT2D eigenvalue weighted by Gasteiger charge is -2.32. The van der Waals surface area contributed by atoms with Gasteiger partial charge in [-0.1, -0.05) is 13.0 Å². The minimum absolute atomic E-state index is 0.596. The van der Waals surface area contributed by atoms with Gasteiger partial charge in [-0.15, -0.1) is 0 Å². The molecule has 0 aliphatic carbocycles. The number of rotatable bonds is 3. The second kappa shape index (κ2) is 6.78. The first kappa shape index (κ1) is 16.6. The van der Waals surface area contributed by atoms with Crippen LogP contribution < -0.4 is 16.0 Å². The monoisotopic (exact) mass is 348 g/mol. The van der Waals surface area contributed by atoms with E-state index < -0.39 is 0 Å². The van der Waals surface area contributed by atoms with E-state index in [-0.39, 0.29) is 0 Å². The van der Waals surface area contributed by atoms with Gasteiger partial charge in [-0.3, -0.25) is 4.98 Å². The van der Waals surface area contributed by atoms with Crippen molar-refractivity contribution in [1.82, 2.24) is 15.0 Å². The van der Waals surface area contributed by atoms with Gasteiger partial charge in [-0.25, -0.2) is 9.97 Å². The molecule has 1 saturated heterocycles. The number of fused-ring (bicyclic) bond motifs is 1. The van der Waals surface area contributed by atoms with Crippen molar-refractivity contribution in [2.24, 2.45) is 5.92 Å². The number of hydrogen-bond donors (Lipinski definition) is 2. The normalized spacial score (nSPS) is 17.5. The van der Waals surface area contributed by atoms with Crippen LogP contribution in [0.3, 0.4) is 0 Å². The summed E-state index contributed by atoms with van der Waals surface area (Å²) in [4.78, 5) is 15.7. The predicted octanol–water partition coefficient (Wildman–Crippen LogP) is 3.90. The van der Waals surface area contributed by atoms with Crippen LogP contribution in [0.1, 0.15) is 25.5 Å². The molecule has 6 heteroatoms. The van der Waals surface area contributed by atoms with E-state index in [1.54, 1.807) is 6.33 Å². The van der Waals surface area contributed by atoms with Crippen LogP contribution in [0.5, 0.6) is 0 Å². The summed E-state index contributed by atoms with van der Waals surface area (Å²) in [5.41, 5.74) is 9.92. The molecule has 134 valence electrons. The Labute approximate surface area is 153 Å². The van der Waals surface area contributed by atoms with Gasteiger partial charge in [-0.05, 0) is 49.9 Å². The number of nitrogen functional groups attached to an aromatic ring is 1. The summed E-state index contributed by atoms with van der Waals surface area (Å²) < 4.78 is 0. The average molecular weight is 348 g/mol. The van der Waals surface area contributed by atoms with E-state index >= 15 is 0 Å². The number of anilines is 4. The summed E-state index contributed by atoms with van der Waals surface area (Å²) >= 11 is 0. The summed E-state index contributed by atoms with van der Waals surface area (Å²) in [6, 6.07) is 10.1. The molecule has 1 unspecified atom stereocenters. The van der Waals surface area contributed by atoms with Crippen LogP contribution in [-0.4, -0.2) is 28.0 Å². The molecule has 1 aliphatic heterocycles. The molecule has 1 aliphatic rings. The molecule has 0 saturated carbocycles. The molecule has 1 fully saturated rings. The van der Waals surface area contributed by atoms with E-state index in [4.69, 9.17) is 5.73 Å². The standard InChI is InChI=1S/C20H24N6/c1-13-5-4-10-26(11-13)20-18(21)19(22-12-23-20)25-17-7-3-6-16-15(17)9-8-14(2)24-16/h3,6-9,12-13H,4-5,10-11,21H2,1-2H3,(H,22,23,25). The first-order chi connectivity index (χ1) is 12.6. The fraction of sp³-hybridized carbons (Fsp3) is 0.350. The minimum atomic E-state index is 0.596. The van der Waals surface area contributed by atoms with E-state index in [9.17, 15) is 0 Å². The summed E-state index contributed by atoms with van der Waals surface area (Å²) in [6.07, 6.45) is 4.01. The van der Waals surface area contributed by atoms with Gasteiger partial charge in [0, 0.05) is 29.9 Å². The third-order valence-electron chi connectivity index (χ3n) is 4.94. The Hall–Kier alpha value is -2.89. The Balaban J connectivity index is 1.68. The van der Waals surface area contributed by atoms with Crippen molar-refractivity contribution in [3.05, 3.63) is 42.4 Å². The van der Waals surface area contributed by atoms with Crippen LogP contribution in [0.25, 0.3) is 10.9 Å². The zero-order valence-electron chi connectivity index (χ0n) is 15.2. The fourth-order valence-corrected chi connectivity index (χ4v) is 3.61. The van der Waals surface area contributed by atoms with Gasteiger partial charge in [0.1, 0.15) is 12.0 Å². The highest BCUT2D eigenvalue weighted by Crippen LogP contribution is 2.33. The van der Waals surface area contributed by atoms with E-state index in [0.717, 1.165) is 41.2 Å². The number of nitrogens with two attached hydrogens (primary N) is 1. The molecule has 1 aromatic carbocycles. The molecule has 6 nitrogen and oxygen atoms in total. The van der Waals surface area contributed by atoms with Crippen molar-refractivity contribution < 1.29 is 0 Å². The molecule has 26 heavy (non-hydrogen) atoms. The predicted molar refractivity (Wildman–Crippen MR) is 107 cm³/mol. The average Bonchev–Trinajstić information content (AvgIpc) is 2.63. The molecule has 0 radical (unpaired) electrons. The second-order valence-electron chi connectivity index (χ2n) is 7.10. The van der Waals surface area contributed by atoms with E-state index in [0.29, 0.717) is 17.4 Å². The van der Waals surface area contributed by atoms with Crippen LogP contribution in [0.15, 0.2) is 36.7 Å². The Bertz CT molecular complexity index is 939. The molecule has 3 heterocycles. The number of aryl methyl sites for hydroxylation is 1. The van der Waals surface area contributed by atoms with Crippen molar-refractivity contribution in [3.63, 3.8) is 0 Å². The first-order valence-electron chi connectivity index (χ1n) is 9.10. The Kier molecular flexibility index (Phi) is 4.32. The molecule has 3 N–H and O–H groups in total. The van der Waals surface area contributed by atoms with Crippen LogP contribution in [0, 0.1) is 12.8 Å². The molecule has 1 atom stereocenters. The molecule has 2 aromatic heterocycles. The van der Waals surface area contributed by atoms with Crippen molar-refractivity contribution in [2.75, 3.05) is 29.0 Å². The maximum Gasteiger partial charge on any atom is 0.159 e. The molecular formula is C20H24N6. The number of hydrogen-bond acceptors (Lipinski definition) is 6. The van der Waals surface area contributed by atoms with Crippen molar-refractivity contribution in [3.8, 4) is 0 Å². The highest BCUT2D eigenvalue weighted by Gasteiger charge is 2.21. The summed E-state index contributed by atoms with van der Waals surface area (Å²) in [6.45, 7) is 6.24. The van der Waals surface area contributed by atoms with Crippen molar-refractivity contribution in [1.29, 1.82) is 0 Å². The second-order valence-corrected chi connectivity index (χ2v) is 7.10. The molecule has 3 aromatic rings. The van der Waals surface area contributed by atoms with E-state index in [2.05, 4.69) is 38.2 Å². The highest BCUT2D eigenvalue weighted by atomic mass is 15.2. The van der Waals surface area contributed by atoms with Gasteiger partial charge in [-0.2, -0.15) is 0 Å². The van der Waals surface area contributed by atoms with E-state index in [1.807, 2.05) is 31.2 Å². The lowest BCUT2D eigenvalue weighted by molar-refractivity contribution is 0.445. The summed E-state index contributed by atoms with van der Waals surface area (Å²) in [5.74, 6) is 2.12. The molecule has 0 spiro atoms. The molecule has 0 amide bonds. The van der Waals surface area contributed by atoms with Gasteiger partial charge >= 0.3 is 0 Å². The SMILES string of the molecule is Cc1ccc2c(Nc3ncnc(N4CCCC(C)C4)c3N)cccc2n1. The lowest BCUT2D eigenvalue weighted by atomic mass is 10.0. The maximum atomic E-state index is 6.43. The maximum absolute atomic E-state index is 6.43. The first-order valence-corrected chi connectivity index (χ1v) is 9.10. The lowest BCUT2D eigenvalue weighted by Crippen LogP contribution is -2.35. The summed E-state index contributed by atoms with van der Waals surface area (Å²) in [7, 11) is 0. The third kappa shape index (κ3) is 3.14. The number of nitrogens with one attached hydrogen (secondary N) is 1. The largest absolute Gasteiger partial charge is 0.393 e. The fourth-order valence-electron chi connectivity index (χ4n) is 3.61.